The first-order chi connectivity index (χ1) is 17.1. The van der Waals surface area contributed by atoms with Crippen LogP contribution in [0.1, 0.15) is 180 Å². The lowest BCUT2D eigenvalue weighted by molar-refractivity contribution is 0.258. The molecular formula is C30H61O4P. The van der Waals surface area contributed by atoms with Crippen molar-refractivity contribution in [3.05, 3.63) is 12.3 Å². The minimum Gasteiger partial charge on any atom is -0.413 e. The summed E-state index contributed by atoms with van der Waals surface area (Å²) in [6.07, 6.45) is 40.0. The second-order valence-corrected chi connectivity index (χ2v) is 11.8. The highest BCUT2D eigenvalue weighted by atomic mass is 31.2. The zero-order chi connectivity index (χ0) is 25.7. The first-order valence-corrected chi connectivity index (χ1v) is 17.0. The highest BCUT2D eigenvalue weighted by Crippen LogP contribution is 2.35. The van der Waals surface area contributed by atoms with E-state index < -0.39 is 7.82 Å². The van der Waals surface area contributed by atoms with Crippen molar-refractivity contribution in [1.82, 2.24) is 0 Å². The Balaban J connectivity index is 3.07. The predicted molar refractivity (Wildman–Crippen MR) is 153 cm³/mol. The van der Waals surface area contributed by atoms with Gasteiger partial charge in [-0.05, 0) is 18.9 Å². The molecule has 0 aliphatic heterocycles. The van der Waals surface area contributed by atoms with Crippen molar-refractivity contribution < 1.29 is 18.9 Å². The number of hydrogen-bond donors (Lipinski definition) is 2. The predicted octanol–water partition coefficient (Wildman–Crippen LogP) is 11.2. The Morgan fingerprint density at radius 2 is 0.743 bits per heavy atom. The Morgan fingerprint density at radius 3 is 1.00 bits per heavy atom. The molecule has 0 aliphatic carbocycles. The van der Waals surface area contributed by atoms with Crippen LogP contribution in [0.15, 0.2) is 12.3 Å². The molecule has 0 fully saturated rings. The molecule has 210 valence electrons. The molecule has 2 N–H and O–H groups in total. The van der Waals surface area contributed by atoms with Gasteiger partial charge in [-0.3, -0.25) is 9.79 Å². The van der Waals surface area contributed by atoms with Gasteiger partial charge in [-0.1, -0.05) is 167 Å². The van der Waals surface area contributed by atoms with Gasteiger partial charge in [0.25, 0.3) is 0 Å². The largest absolute Gasteiger partial charge is 0.524 e. The second kappa shape index (κ2) is 28.3. The van der Waals surface area contributed by atoms with Crippen molar-refractivity contribution in [2.24, 2.45) is 0 Å². The van der Waals surface area contributed by atoms with E-state index in [0.29, 0.717) is 0 Å². The lowest BCUT2D eigenvalue weighted by Crippen LogP contribution is -1.84. The summed E-state index contributed by atoms with van der Waals surface area (Å²) in [6, 6.07) is 0. The molecule has 0 atom stereocenters. The summed E-state index contributed by atoms with van der Waals surface area (Å²) in [4.78, 5) is 17.1. The van der Waals surface area contributed by atoms with Gasteiger partial charge in [-0.15, -0.1) is 0 Å². The highest BCUT2D eigenvalue weighted by molar-refractivity contribution is 7.46. The second-order valence-electron chi connectivity index (χ2n) is 10.6. The molecule has 0 unspecified atom stereocenters. The van der Waals surface area contributed by atoms with Crippen LogP contribution in [0.4, 0.5) is 0 Å². The molecule has 0 aromatic rings. The molecule has 0 aliphatic rings. The van der Waals surface area contributed by atoms with E-state index in [1.807, 2.05) is 0 Å². The lowest BCUT2D eigenvalue weighted by atomic mass is 10.0. The van der Waals surface area contributed by atoms with Crippen LogP contribution in [-0.4, -0.2) is 9.79 Å². The summed E-state index contributed by atoms with van der Waals surface area (Å²) >= 11 is 0. The minimum absolute atomic E-state index is 0.819. The smallest absolute Gasteiger partial charge is 0.413 e. The van der Waals surface area contributed by atoms with Crippen molar-refractivity contribution in [3.8, 4) is 0 Å². The summed E-state index contributed by atoms with van der Waals surface area (Å²) in [5.41, 5.74) is 0. The molecule has 0 aromatic heterocycles. The van der Waals surface area contributed by atoms with E-state index in [0.717, 1.165) is 19.1 Å². The van der Waals surface area contributed by atoms with Crippen LogP contribution in [0, 0.1) is 0 Å². The number of unbranched alkanes of at least 4 members (excludes halogenated alkanes) is 26. The molecule has 0 radical (unpaired) electrons. The topological polar surface area (TPSA) is 66.8 Å². The van der Waals surface area contributed by atoms with Gasteiger partial charge in [0.15, 0.2) is 0 Å². The Morgan fingerprint density at radius 1 is 0.486 bits per heavy atom. The van der Waals surface area contributed by atoms with Crippen molar-refractivity contribution in [1.29, 1.82) is 0 Å². The van der Waals surface area contributed by atoms with Crippen LogP contribution < -0.4 is 0 Å². The fraction of sp³-hybridized carbons (Fsp3) is 0.933. The Bertz CT molecular complexity index is 475. The zero-order valence-corrected chi connectivity index (χ0v) is 24.3. The molecule has 0 saturated carbocycles. The van der Waals surface area contributed by atoms with Crippen molar-refractivity contribution in [2.45, 2.75) is 180 Å². The molecule has 0 saturated heterocycles. The van der Waals surface area contributed by atoms with Crippen molar-refractivity contribution in [3.63, 3.8) is 0 Å². The monoisotopic (exact) mass is 516 g/mol. The maximum absolute atomic E-state index is 10.5. The zero-order valence-electron chi connectivity index (χ0n) is 23.4. The SMILES string of the molecule is CCCCCCCCCCCCCCCCCCCCCCCCCCCCC=COP(=O)(O)O. The van der Waals surface area contributed by atoms with Crippen molar-refractivity contribution in [2.75, 3.05) is 0 Å². The molecule has 0 aromatic carbocycles. The van der Waals surface area contributed by atoms with Gasteiger partial charge >= 0.3 is 7.82 Å². The van der Waals surface area contributed by atoms with Gasteiger partial charge in [-0.2, -0.15) is 0 Å². The maximum Gasteiger partial charge on any atom is 0.524 e. The average molecular weight is 517 g/mol. The van der Waals surface area contributed by atoms with E-state index in [1.165, 1.54) is 161 Å². The number of phosphoric ester groups is 1. The summed E-state index contributed by atoms with van der Waals surface area (Å²) in [5.74, 6) is 0. The third-order valence-electron chi connectivity index (χ3n) is 7.02. The molecule has 5 heteroatoms. The van der Waals surface area contributed by atoms with E-state index in [1.54, 1.807) is 6.08 Å². The highest BCUT2D eigenvalue weighted by Gasteiger charge is 2.10. The quantitative estimate of drug-likeness (QED) is 0.0589. The Labute approximate surface area is 219 Å². The summed E-state index contributed by atoms with van der Waals surface area (Å²) in [5, 5.41) is 0. The van der Waals surface area contributed by atoms with Crippen molar-refractivity contribution >= 4 is 7.82 Å². The molecule has 0 spiro atoms. The molecule has 0 rings (SSSR count). The van der Waals surface area contributed by atoms with Gasteiger partial charge in [-0.25, -0.2) is 4.57 Å². The lowest BCUT2D eigenvalue weighted by Gasteiger charge is -2.04. The fourth-order valence-corrected chi connectivity index (χ4v) is 5.01. The van der Waals surface area contributed by atoms with E-state index in [9.17, 15) is 4.57 Å². The standard InChI is InChI=1S/C30H61O4P/c1-2-3-4-5-6-7-8-9-10-11-12-13-14-15-16-17-18-19-20-21-22-23-24-25-26-27-28-29-30-34-35(31,32)33/h29-30H,2-28H2,1H3,(H2,31,32,33). The third-order valence-corrected chi connectivity index (χ3v) is 7.42. The fourth-order valence-electron chi connectivity index (χ4n) is 4.77. The van der Waals surface area contributed by atoms with Crippen LogP contribution in [0.5, 0.6) is 0 Å². The Kier molecular flexibility index (Phi) is 28.0. The van der Waals surface area contributed by atoms with E-state index in [2.05, 4.69) is 11.4 Å². The number of allylic oxidation sites excluding steroid dienone is 1. The molecule has 0 heterocycles. The van der Waals surface area contributed by atoms with Gasteiger partial charge in [0.2, 0.25) is 0 Å². The average Bonchev–Trinajstić information content (AvgIpc) is 2.82. The van der Waals surface area contributed by atoms with Gasteiger partial charge in [0.05, 0.1) is 6.26 Å². The molecule has 4 nitrogen and oxygen atoms in total. The maximum atomic E-state index is 10.5. The third kappa shape index (κ3) is 33.7. The Hall–Kier alpha value is -0.310. The van der Waals surface area contributed by atoms with Crippen LogP contribution in [-0.2, 0) is 9.09 Å². The van der Waals surface area contributed by atoms with Gasteiger partial charge in [0, 0.05) is 0 Å². The number of hydrogen-bond acceptors (Lipinski definition) is 2. The van der Waals surface area contributed by atoms with Crippen LogP contribution in [0.25, 0.3) is 0 Å². The molecule has 0 bridgehead atoms. The first kappa shape index (κ1) is 34.7. The van der Waals surface area contributed by atoms with Crippen LogP contribution >= 0.6 is 7.82 Å². The number of rotatable bonds is 29. The van der Waals surface area contributed by atoms with E-state index in [4.69, 9.17) is 9.79 Å². The molecule has 35 heavy (non-hydrogen) atoms. The normalized spacial score (nSPS) is 12.1. The van der Waals surface area contributed by atoms with Gasteiger partial charge in [0.1, 0.15) is 0 Å². The first-order valence-electron chi connectivity index (χ1n) is 15.4. The summed E-state index contributed by atoms with van der Waals surface area (Å²) in [6.45, 7) is 2.29. The van der Waals surface area contributed by atoms with Gasteiger partial charge < -0.3 is 4.52 Å². The molecular weight excluding hydrogens is 455 g/mol. The van der Waals surface area contributed by atoms with E-state index in [-0.39, 0.29) is 0 Å². The van der Waals surface area contributed by atoms with Crippen LogP contribution in [0.3, 0.4) is 0 Å². The molecule has 0 amide bonds. The van der Waals surface area contributed by atoms with E-state index >= 15 is 0 Å². The number of phosphoric acid groups is 1. The minimum atomic E-state index is -4.35. The van der Waals surface area contributed by atoms with Crippen LogP contribution in [0.2, 0.25) is 0 Å². The summed E-state index contributed by atoms with van der Waals surface area (Å²) < 4.78 is 14.8. The summed E-state index contributed by atoms with van der Waals surface area (Å²) in [7, 11) is -4.35.